The van der Waals surface area contributed by atoms with Gasteiger partial charge in [0, 0.05) is 33.6 Å². The monoisotopic (exact) mass is 662 g/mol. The summed E-state index contributed by atoms with van der Waals surface area (Å²) < 4.78 is 0. The van der Waals surface area contributed by atoms with Gasteiger partial charge >= 0.3 is 6.85 Å². The molecule has 3 heterocycles. The van der Waals surface area contributed by atoms with Crippen LogP contribution in [0.1, 0.15) is 5.56 Å². The number of anilines is 2. The lowest BCUT2D eigenvalue weighted by atomic mass is 9.48. The highest BCUT2D eigenvalue weighted by atomic mass is 15.1. The Morgan fingerprint density at radius 1 is 0.385 bits per heavy atom. The fourth-order valence-corrected chi connectivity index (χ4v) is 7.66. The van der Waals surface area contributed by atoms with Crippen LogP contribution in [0.25, 0.3) is 73.6 Å². The van der Waals surface area contributed by atoms with Crippen molar-refractivity contribution in [1.82, 2.24) is 15.0 Å². The van der Waals surface area contributed by atoms with Gasteiger partial charge in [0.15, 0.2) is 17.5 Å². The number of aromatic nitrogens is 3. The SMILES string of the molecule is C1=Cc2ccccc2N2B1c1cc(-c3ccccc3)cc(-c3ccccc3)c1-c1ccc(-c3nc(-c4ccccc4)nc(-c4ccccc4)n3)cc12. The van der Waals surface area contributed by atoms with Gasteiger partial charge in [-0.15, -0.1) is 0 Å². The molecule has 5 heteroatoms. The van der Waals surface area contributed by atoms with Gasteiger partial charge in [-0.25, -0.2) is 15.0 Å². The van der Waals surface area contributed by atoms with Crippen molar-refractivity contribution in [2.24, 2.45) is 0 Å². The molecule has 0 aliphatic carbocycles. The van der Waals surface area contributed by atoms with Gasteiger partial charge in [0.1, 0.15) is 0 Å². The average Bonchev–Trinajstić information content (AvgIpc) is 3.24. The van der Waals surface area contributed by atoms with Crippen molar-refractivity contribution in [2.45, 2.75) is 0 Å². The van der Waals surface area contributed by atoms with Crippen molar-refractivity contribution in [2.75, 3.05) is 4.81 Å². The number of benzene rings is 7. The second-order valence-electron chi connectivity index (χ2n) is 13.2. The molecule has 0 saturated heterocycles. The molecule has 0 bridgehead atoms. The molecular weight excluding hydrogens is 631 g/mol. The van der Waals surface area contributed by atoms with Crippen LogP contribution in [0.5, 0.6) is 0 Å². The highest BCUT2D eigenvalue weighted by Crippen LogP contribution is 2.48. The molecule has 10 rings (SSSR count). The lowest BCUT2D eigenvalue weighted by Gasteiger charge is -2.41. The van der Waals surface area contributed by atoms with Gasteiger partial charge in [0.2, 0.25) is 0 Å². The maximum atomic E-state index is 5.10. The van der Waals surface area contributed by atoms with Crippen LogP contribution in [-0.4, -0.2) is 21.8 Å². The molecular formula is C47H31BN4. The van der Waals surface area contributed by atoms with Crippen molar-refractivity contribution >= 4 is 29.8 Å². The second kappa shape index (κ2) is 12.5. The maximum absolute atomic E-state index is 5.10. The van der Waals surface area contributed by atoms with E-state index in [-0.39, 0.29) is 6.85 Å². The van der Waals surface area contributed by atoms with Crippen LogP contribution >= 0.6 is 0 Å². The first-order chi connectivity index (χ1) is 25.8. The highest BCUT2D eigenvalue weighted by molar-refractivity contribution is 6.85. The highest BCUT2D eigenvalue weighted by Gasteiger charge is 2.38. The van der Waals surface area contributed by atoms with E-state index < -0.39 is 0 Å². The number of fused-ring (bicyclic) bond motifs is 8. The van der Waals surface area contributed by atoms with E-state index in [9.17, 15) is 0 Å². The van der Waals surface area contributed by atoms with Gasteiger partial charge in [-0.1, -0.05) is 170 Å². The molecule has 2 aliphatic heterocycles. The summed E-state index contributed by atoms with van der Waals surface area (Å²) in [6, 6.07) is 61.9. The number of hydrogen-bond donors (Lipinski definition) is 0. The van der Waals surface area contributed by atoms with Gasteiger partial charge in [0.25, 0.3) is 0 Å². The van der Waals surface area contributed by atoms with Crippen molar-refractivity contribution in [3.05, 3.63) is 187 Å². The normalized spacial score (nSPS) is 12.5. The van der Waals surface area contributed by atoms with Gasteiger partial charge in [-0.2, -0.15) is 0 Å². The van der Waals surface area contributed by atoms with Crippen molar-refractivity contribution in [1.29, 1.82) is 0 Å². The Hall–Kier alpha value is -6.85. The van der Waals surface area contributed by atoms with Crippen LogP contribution in [0, 0.1) is 0 Å². The predicted molar refractivity (Wildman–Crippen MR) is 215 cm³/mol. The first-order valence-corrected chi connectivity index (χ1v) is 17.7. The summed E-state index contributed by atoms with van der Waals surface area (Å²) in [7, 11) is 0. The number of hydrogen-bond acceptors (Lipinski definition) is 4. The Labute approximate surface area is 303 Å². The van der Waals surface area contributed by atoms with Crippen LogP contribution in [0.4, 0.5) is 11.4 Å². The average molecular weight is 663 g/mol. The van der Waals surface area contributed by atoms with E-state index in [0.717, 1.165) is 22.4 Å². The van der Waals surface area contributed by atoms with Crippen LogP contribution in [-0.2, 0) is 0 Å². The summed E-state index contributed by atoms with van der Waals surface area (Å²) >= 11 is 0. The topological polar surface area (TPSA) is 41.9 Å². The fourth-order valence-electron chi connectivity index (χ4n) is 7.66. The molecule has 8 aromatic rings. The predicted octanol–water partition coefficient (Wildman–Crippen LogP) is 10.8. The summed E-state index contributed by atoms with van der Waals surface area (Å²) in [4.78, 5) is 17.6. The van der Waals surface area contributed by atoms with E-state index in [2.05, 4.69) is 132 Å². The van der Waals surface area contributed by atoms with Gasteiger partial charge in [-0.05, 0) is 57.0 Å². The molecule has 4 nitrogen and oxygen atoms in total. The number of rotatable bonds is 5. The maximum Gasteiger partial charge on any atom is 0.321 e. The molecule has 0 atom stereocenters. The lowest BCUT2D eigenvalue weighted by Crippen LogP contribution is -2.50. The summed E-state index contributed by atoms with van der Waals surface area (Å²) in [6.07, 6.45) is 2.27. The molecule has 7 aromatic carbocycles. The Kier molecular flexibility index (Phi) is 7.21. The molecule has 1 aromatic heterocycles. The quantitative estimate of drug-likeness (QED) is 0.172. The van der Waals surface area contributed by atoms with E-state index in [1.165, 1.54) is 50.1 Å². The molecule has 0 fully saturated rings. The fraction of sp³-hybridized carbons (Fsp3) is 0. The van der Waals surface area contributed by atoms with E-state index in [0.29, 0.717) is 17.5 Å². The summed E-state index contributed by atoms with van der Waals surface area (Å²) in [5.74, 6) is 4.29. The van der Waals surface area contributed by atoms with Crippen molar-refractivity contribution in [3.63, 3.8) is 0 Å². The second-order valence-corrected chi connectivity index (χ2v) is 13.2. The minimum atomic E-state index is -0.0168. The third kappa shape index (κ3) is 5.14. The minimum Gasteiger partial charge on any atom is -0.376 e. The summed E-state index contributed by atoms with van der Waals surface area (Å²) in [5.41, 5.74) is 14.9. The van der Waals surface area contributed by atoms with Crippen molar-refractivity contribution < 1.29 is 0 Å². The van der Waals surface area contributed by atoms with E-state index in [1.54, 1.807) is 0 Å². The van der Waals surface area contributed by atoms with Crippen LogP contribution in [0.2, 0.25) is 0 Å². The molecule has 242 valence electrons. The van der Waals surface area contributed by atoms with Crippen molar-refractivity contribution in [3.8, 4) is 67.5 Å². The van der Waals surface area contributed by atoms with Gasteiger partial charge in [-0.3, -0.25) is 0 Å². The summed E-state index contributed by atoms with van der Waals surface area (Å²) in [6.45, 7) is -0.0168. The zero-order valence-corrected chi connectivity index (χ0v) is 28.3. The molecule has 0 spiro atoms. The molecule has 0 amide bonds. The van der Waals surface area contributed by atoms with Crippen LogP contribution in [0.15, 0.2) is 182 Å². The smallest absolute Gasteiger partial charge is 0.321 e. The molecule has 52 heavy (non-hydrogen) atoms. The minimum absolute atomic E-state index is 0.0168. The number of para-hydroxylation sites is 1. The number of nitrogens with zero attached hydrogens (tertiary/aromatic N) is 4. The Bertz CT molecular complexity index is 2570. The molecule has 2 aliphatic rings. The first kappa shape index (κ1) is 30.0. The zero-order valence-electron chi connectivity index (χ0n) is 28.3. The van der Waals surface area contributed by atoms with E-state index in [4.69, 9.17) is 15.0 Å². The Morgan fingerprint density at radius 2 is 0.923 bits per heavy atom. The standard InChI is InChI=1S/C47H31BN4/c1-5-15-32(16-6-1)38-29-40(33-17-7-2-8-18-33)44-39-26-25-37(31-43(39)52-42-24-14-13-19-34(42)27-28-48(52)41(44)30-38)47-50-45(35-20-9-3-10-21-35)49-46(51-47)36-22-11-4-12-23-36/h1-31H. The third-order valence-electron chi connectivity index (χ3n) is 10.1. The largest absolute Gasteiger partial charge is 0.376 e. The van der Waals surface area contributed by atoms with Crippen LogP contribution in [0.3, 0.4) is 0 Å². The first-order valence-electron chi connectivity index (χ1n) is 17.7. The molecule has 0 N–H and O–H groups in total. The Morgan fingerprint density at radius 3 is 1.56 bits per heavy atom. The molecule has 0 saturated carbocycles. The van der Waals surface area contributed by atoms with E-state index >= 15 is 0 Å². The lowest BCUT2D eigenvalue weighted by molar-refractivity contribution is 1.07. The molecule has 0 radical (unpaired) electrons. The Balaban J connectivity index is 1.23. The van der Waals surface area contributed by atoms with Crippen LogP contribution < -0.4 is 10.3 Å². The third-order valence-corrected chi connectivity index (χ3v) is 10.1. The summed E-state index contributed by atoms with van der Waals surface area (Å²) in [5, 5.41) is 0. The van der Waals surface area contributed by atoms with Gasteiger partial charge < -0.3 is 4.81 Å². The zero-order chi connectivity index (χ0) is 34.4. The molecule has 0 unspecified atom stereocenters. The van der Waals surface area contributed by atoms with Gasteiger partial charge in [0.05, 0.1) is 0 Å². The van der Waals surface area contributed by atoms with E-state index in [1.807, 2.05) is 60.7 Å².